The van der Waals surface area contributed by atoms with E-state index in [4.69, 9.17) is 0 Å². The van der Waals surface area contributed by atoms with Crippen LogP contribution in [0.25, 0.3) is 10.2 Å². The summed E-state index contributed by atoms with van der Waals surface area (Å²) in [5.41, 5.74) is 1.65. The van der Waals surface area contributed by atoms with Gasteiger partial charge in [-0.1, -0.05) is 12.1 Å². The van der Waals surface area contributed by atoms with Gasteiger partial charge in [0.15, 0.2) is 0 Å². The zero-order valence-corrected chi connectivity index (χ0v) is 18.2. The highest BCUT2D eigenvalue weighted by Gasteiger charge is 2.15. The molecule has 2 aromatic carbocycles. The second-order valence-corrected chi connectivity index (χ2v) is 9.61. The van der Waals surface area contributed by atoms with Gasteiger partial charge in [0.2, 0.25) is 15.9 Å². The smallest absolute Gasteiger partial charge is 0.253 e. The van der Waals surface area contributed by atoms with Crippen molar-refractivity contribution in [3.05, 3.63) is 53.0 Å². The van der Waals surface area contributed by atoms with Crippen LogP contribution in [0.15, 0.2) is 42.5 Å². The molecule has 0 atom stereocenters. The second-order valence-electron chi connectivity index (χ2n) is 6.75. The molecule has 1 heterocycles. The maximum atomic E-state index is 12.7. The lowest BCUT2D eigenvalue weighted by atomic mass is 10.1. The average Bonchev–Trinajstić information content (AvgIpc) is 3.07. The minimum atomic E-state index is -3.57. The predicted molar refractivity (Wildman–Crippen MR) is 119 cm³/mol. The fourth-order valence-corrected chi connectivity index (χ4v) is 4.45. The number of thiazole rings is 1. The molecule has 0 saturated carbocycles. The van der Waals surface area contributed by atoms with Gasteiger partial charge in [-0.15, -0.1) is 11.3 Å². The summed E-state index contributed by atoms with van der Waals surface area (Å²) in [7, 11) is -3.57. The number of carbonyl (C=O) groups is 2. The van der Waals surface area contributed by atoms with Crippen LogP contribution in [0.5, 0.6) is 0 Å². The summed E-state index contributed by atoms with van der Waals surface area (Å²) >= 11 is 1.63. The Balaban J connectivity index is 1.65. The Bertz CT molecular complexity index is 1160. The third-order valence-electron chi connectivity index (χ3n) is 4.07. The first-order valence-corrected chi connectivity index (χ1v) is 11.9. The third-order valence-corrected chi connectivity index (χ3v) is 5.76. The van der Waals surface area contributed by atoms with E-state index < -0.39 is 15.9 Å². The Morgan fingerprint density at radius 1 is 1.13 bits per heavy atom. The molecular weight excluding hydrogens is 424 g/mol. The Morgan fingerprint density at radius 2 is 1.90 bits per heavy atom. The lowest BCUT2D eigenvalue weighted by Crippen LogP contribution is -2.26. The summed E-state index contributed by atoms with van der Waals surface area (Å²) in [5.74, 6) is -0.723. The Kier molecular flexibility index (Phi) is 6.68. The number of amides is 2. The highest BCUT2D eigenvalue weighted by Crippen LogP contribution is 2.23. The van der Waals surface area contributed by atoms with Gasteiger partial charge in [-0.05, 0) is 36.8 Å². The lowest BCUT2D eigenvalue weighted by molar-refractivity contribution is -0.114. The molecule has 0 radical (unpaired) electrons. The molecule has 0 unspecified atom stereocenters. The fraction of sp³-hybridized carbons (Fsp3) is 0.250. The van der Waals surface area contributed by atoms with Gasteiger partial charge >= 0.3 is 0 Å². The quantitative estimate of drug-likeness (QED) is 0.460. The molecule has 2 amide bonds. The molecule has 0 spiro atoms. The van der Waals surface area contributed by atoms with Crippen molar-refractivity contribution in [2.24, 2.45) is 0 Å². The van der Waals surface area contributed by atoms with Crippen LogP contribution in [0.3, 0.4) is 0 Å². The number of hydrogen-bond acceptors (Lipinski definition) is 6. The molecule has 0 saturated heterocycles. The van der Waals surface area contributed by atoms with Crippen LogP contribution in [0, 0.1) is 0 Å². The van der Waals surface area contributed by atoms with Gasteiger partial charge in [0.05, 0.1) is 32.7 Å². The van der Waals surface area contributed by atoms with Gasteiger partial charge in [-0.2, -0.15) is 0 Å². The van der Waals surface area contributed by atoms with Crippen LogP contribution in [0.1, 0.15) is 28.7 Å². The van der Waals surface area contributed by atoms with Gasteiger partial charge in [0.1, 0.15) is 0 Å². The molecule has 8 nitrogen and oxygen atoms in total. The van der Waals surface area contributed by atoms with Gasteiger partial charge in [0.25, 0.3) is 5.91 Å². The molecule has 3 aromatic rings. The Hall–Kier alpha value is -2.98. The van der Waals surface area contributed by atoms with Crippen LogP contribution in [0.4, 0.5) is 11.4 Å². The number of sulfonamides is 1. The number of benzene rings is 2. The highest BCUT2D eigenvalue weighted by molar-refractivity contribution is 7.92. The Labute approximate surface area is 178 Å². The zero-order valence-electron chi connectivity index (χ0n) is 16.6. The molecule has 3 rings (SSSR count). The van der Waals surface area contributed by atoms with E-state index >= 15 is 0 Å². The number of fused-ring (bicyclic) bond motifs is 1. The maximum absolute atomic E-state index is 12.7. The fourth-order valence-electron chi connectivity index (χ4n) is 2.87. The topological polar surface area (TPSA) is 117 Å². The summed E-state index contributed by atoms with van der Waals surface area (Å²) in [6, 6.07) is 12.3. The molecule has 158 valence electrons. The molecule has 10 heteroatoms. The number of nitrogens with zero attached hydrogens (tertiary/aromatic N) is 1. The van der Waals surface area contributed by atoms with Crippen molar-refractivity contribution < 1.29 is 18.0 Å². The van der Waals surface area contributed by atoms with Crippen LogP contribution < -0.4 is 15.4 Å². The average molecular weight is 447 g/mol. The van der Waals surface area contributed by atoms with Crippen molar-refractivity contribution in [1.82, 2.24) is 10.3 Å². The van der Waals surface area contributed by atoms with Crippen LogP contribution in [-0.2, 0) is 21.2 Å². The molecular formula is C20H22N4O4S2. The summed E-state index contributed by atoms with van der Waals surface area (Å²) in [4.78, 5) is 28.5. The van der Waals surface area contributed by atoms with Gasteiger partial charge in [-0.3, -0.25) is 14.3 Å². The van der Waals surface area contributed by atoms with Crippen molar-refractivity contribution in [1.29, 1.82) is 0 Å². The van der Waals surface area contributed by atoms with E-state index in [-0.39, 0.29) is 17.2 Å². The molecule has 0 fully saturated rings. The molecule has 1 aromatic heterocycles. The second kappa shape index (κ2) is 9.23. The standard InChI is InChI=1S/C20H22N4O4S2/c1-13(25)22-14-9-10-16(24-30(2,27)28)15(12-14)20(26)21-11-5-8-19-23-17-6-3-4-7-18(17)29-19/h3-4,6-7,9-10,12,24H,5,8,11H2,1-2H3,(H,21,26)(H,22,25). The van der Waals surface area contributed by atoms with E-state index in [1.54, 1.807) is 11.3 Å². The molecule has 0 aliphatic rings. The Morgan fingerprint density at radius 3 is 2.60 bits per heavy atom. The first-order valence-electron chi connectivity index (χ1n) is 9.23. The van der Waals surface area contributed by atoms with Crippen LogP contribution in [-0.4, -0.2) is 38.0 Å². The molecule has 0 aliphatic carbocycles. The minimum absolute atomic E-state index is 0.131. The number of anilines is 2. The molecule has 0 bridgehead atoms. The summed E-state index contributed by atoms with van der Waals surface area (Å²) in [6.07, 6.45) is 2.42. The predicted octanol–water partition coefficient (Wildman–Crippen LogP) is 2.99. The number of aryl methyl sites for hydroxylation is 1. The number of aromatic nitrogens is 1. The summed E-state index contributed by atoms with van der Waals surface area (Å²) in [5, 5.41) is 6.39. The number of para-hydroxylation sites is 1. The first-order chi connectivity index (χ1) is 14.2. The molecule has 30 heavy (non-hydrogen) atoms. The number of rotatable bonds is 8. The van der Waals surface area contributed by atoms with E-state index in [1.165, 1.54) is 25.1 Å². The SMILES string of the molecule is CC(=O)Nc1ccc(NS(C)(=O)=O)c(C(=O)NCCCc2nc3ccccc3s2)c1. The van der Waals surface area contributed by atoms with Crippen LogP contribution >= 0.6 is 11.3 Å². The van der Waals surface area contributed by atoms with E-state index in [9.17, 15) is 18.0 Å². The van der Waals surface area contributed by atoms with E-state index in [1.807, 2.05) is 24.3 Å². The van der Waals surface area contributed by atoms with E-state index in [2.05, 4.69) is 20.3 Å². The monoisotopic (exact) mass is 446 g/mol. The minimum Gasteiger partial charge on any atom is -0.352 e. The lowest BCUT2D eigenvalue weighted by Gasteiger charge is -2.13. The number of carbonyl (C=O) groups excluding carboxylic acids is 2. The van der Waals surface area contributed by atoms with Crippen molar-refractivity contribution in [2.45, 2.75) is 19.8 Å². The molecule has 0 aliphatic heterocycles. The van der Waals surface area contributed by atoms with Crippen molar-refractivity contribution in [2.75, 3.05) is 22.8 Å². The van der Waals surface area contributed by atoms with E-state index in [0.29, 0.717) is 18.7 Å². The highest BCUT2D eigenvalue weighted by atomic mass is 32.2. The number of hydrogen-bond donors (Lipinski definition) is 3. The molecule has 3 N–H and O–H groups in total. The zero-order chi connectivity index (χ0) is 21.7. The maximum Gasteiger partial charge on any atom is 0.253 e. The summed E-state index contributed by atoms with van der Waals surface area (Å²) in [6.45, 7) is 1.75. The number of nitrogens with one attached hydrogen (secondary N) is 3. The van der Waals surface area contributed by atoms with Gasteiger partial charge in [0, 0.05) is 25.6 Å². The van der Waals surface area contributed by atoms with Crippen molar-refractivity contribution in [3.8, 4) is 0 Å². The van der Waals surface area contributed by atoms with Gasteiger partial charge < -0.3 is 10.6 Å². The van der Waals surface area contributed by atoms with Crippen LogP contribution in [0.2, 0.25) is 0 Å². The summed E-state index contributed by atoms with van der Waals surface area (Å²) < 4.78 is 26.7. The normalized spacial score (nSPS) is 11.3. The third kappa shape index (κ3) is 6.01. The van der Waals surface area contributed by atoms with Crippen molar-refractivity contribution in [3.63, 3.8) is 0 Å². The van der Waals surface area contributed by atoms with Crippen molar-refractivity contribution >= 4 is 54.8 Å². The van der Waals surface area contributed by atoms with Gasteiger partial charge in [-0.25, -0.2) is 13.4 Å². The largest absolute Gasteiger partial charge is 0.352 e. The first kappa shape index (κ1) is 21.7. The van der Waals surface area contributed by atoms with E-state index in [0.717, 1.165) is 27.9 Å².